The lowest BCUT2D eigenvalue weighted by molar-refractivity contribution is 0.102. The topological polar surface area (TPSA) is 81.9 Å². The largest absolute Gasteiger partial charge is 0.494 e. The number of nitrogens with one attached hydrogen (secondary N) is 1. The first kappa shape index (κ1) is 19.4. The fourth-order valence-corrected chi connectivity index (χ4v) is 4.17. The summed E-state index contributed by atoms with van der Waals surface area (Å²) in [5.41, 5.74) is 1.72. The van der Waals surface area contributed by atoms with Gasteiger partial charge in [-0.25, -0.2) is 0 Å². The first-order valence-corrected chi connectivity index (χ1v) is 10.2. The highest BCUT2D eigenvalue weighted by atomic mass is 16.5. The van der Waals surface area contributed by atoms with E-state index in [1.54, 1.807) is 19.2 Å². The number of amides is 1. The van der Waals surface area contributed by atoms with Gasteiger partial charge in [0.15, 0.2) is 5.69 Å². The molecule has 1 amide bonds. The van der Waals surface area contributed by atoms with E-state index in [1.165, 1.54) is 19.0 Å². The number of fused-ring (bicyclic) bond motifs is 1. The molecule has 4 rings (SSSR count). The van der Waals surface area contributed by atoms with Crippen molar-refractivity contribution in [3.8, 4) is 5.75 Å². The molecule has 1 aromatic carbocycles. The number of carbonyl (C=O) groups is 1. The summed E-state index contributed by atoms with van der Waals surface area (Å²) in [4.78, 5) is 12.5. The number of ether oxygens (including phenoxy) is 1. The molecule has 0 bridgehead atoms. The Bertz CT molecular complexity index is 991. The van der Waals surface area contributed by atoms with E-state index in [2.05, 4.69) is 40.2 Å². The van der Waals surface area contributed by atoms with Gasteiger partial charge in [0, 0.05) is 23.8 Å². The lowest BCUT2D eigenvalue weighted by Crippen LogP contribution is -2.21. The highest BCUT2D eigenvalue weighted by molar-refractivity contribution is 6.04. The van der Waals surface area contributed by atoms with Crippen molar-refractivity contribution in [1.29, 1.82) is 0 Å². The van der Waals surface area contributed by atoms with Crippen molar-refractivity contribution >= 4 is 22.5 Å². The fourth-order valence-electron chi connectivity index (χ4n) is 4.17. The Morgan fingerprint density at radius 1 is 1.24 bits per heavy atom. The van der Waals surface area contributed by atoms with Crippen molar-refractivity contribution in [3.05, 3.63) is 42.4 Å². The molecular formula is C22H27N5O2. The molecule has 0 spiro atoms. The number of hydrogen-bond acceptors (Lipinski definition) is 5. The van der Waals surface area contributed by atoms with E-state index in [0.717, 1.165) is 35.6 Å². The Kier molecular flexibility index (Phi) is 5.47. The molecule has 1 N–H and O–H groups in total. The fraction of sp³-hybridized carbons (Fsp3) is 0.455. The number of carbonyl (C=O) groups excluding carboxylic acids is 1. The molecule has 7 nitrogen and oxygen atoms in total. The van der Waals surface area contributed by atoms with Crippen LogP contribution in [-0.2, 0) is 0 Å². The van der Waals surface area contributed by atoms with Gasteiger partial charge < -0.3 is 10.1 Å². The number of hydrogen-bond donors (Lipinski definition) is 1. The molecule has 1 saturated carbocycles. The van der Waals surface area contributed by atoms with Gasteiger partial charge in [0.25, 0.3) is 5.91 Å². The summed E-state index contributed by atoms with van der Waals surface area (Å²) in [6, 6.07) is 7.52. The molecule has 0 atom stereocenters. The van der Waals surface area contributed by atoms with E-state index in [-0.39, 0.29) is 11.6 Å². The number of nitrogens with zero attached hydrogens (tertiary/aromatic N) is 4. The summed E-state index contributed by atoms with van der Waals surface area (Å²) in [7, 11) is 1.59. The van der Waals surface area contributed by atoms with Crippen LogP contribution in [0.3, 0.4) is 0 Å². The first-order valence-electron chi connectivity index (χ1n) is 10.2. The summed E-state index contributed by atoms with van der Waals surface area (Å²) < 4.78 is 7.58. The van der Waals surface area contributed by atoms with Crippen LogP contribution in [0.4, 0.5) is 5.69 Å². The van der Waals surface area contributed by atoms with Gasteiger partial charge >= 0.3 is 0 Å². The molecule has 1 aliphatic carbocycles. The van der Waals surface area contributed by atoms with Crippen molar-refractivity contribution in [1.82, 2.24) is 20.0 Å². The maximum absolute atomic E-state index is 12.5. The molecule has 0 radical (unpaired) electrons. The van der Waals surface area contributed by atoms with Gasteiger partial charge in [-0.2, -0.15) is 10.2 Å². The van der Waals surface area contributed by atoms with Crippen LogP contribution in [0.2, 0.25) is 0 Å². The maximum atomic E-state index is 12.5. The minimum atomic E-state index is -0.324. The number of methoxy groups -OCH3 is 1. The zero-order chi connectivity index (χ0) is 20.4. The zero-order valence-electron chi connectivity index (χ0n) is 17.1. The van der Waals surface area contributed by atoms with Crippen LogP contribution < -0.4 is 10.1 Å². The van der Waals surface area contributed by atoms with Crippen molar-refractivity contribution in [2.75, 3.05) is 12.4 Å². The minimum Gasteiger partial charge on any atom is -0.494 e. The lowest BCUT2D eigenvalue weighted by atomic mass is 9.80. The second-order valence-corrected chi connectivity index (χ2v) is 8.10. The standard InChI is InChI=1S/C22H27N5O2/c1-14(2)15-6-8-17(9-7-15)27-13-16-11-20(21(29-3)12-19(16)26-27)24-22(28)18-5-4-10-23-25-18/h4-5,10-15,17H,6-9H2,1-3H3,(H,24,28)/t15-,17-. The molecule has 7 heteroatoms. The molecule has 2 heterocycles. The molecule has 0 unspecified atom stereocenters. The molecule has 3 aromatic rings. The third-order valence-corrected chi connectivity index (χ3v) is 5.95. The molecule has 2 aromatic heterocycles. The monoisotopic (exact) mass is 393 g/mol. The van der Waals surface area contributed by atoms with Crippen LogP contribution in [0.1, 0.15) is 56.1 Å². The summed E-state index contributed by atoms with van der Waals surface area (Å²) >= 11 is 0. The highest BCUT2D eigenvalue weighted by Crippen LogP contribution is 2.37. The summed E-state index contributed by atoms with van der Waals surface area (Å²) in [6.45, 7) is 4.63. The second kappa shape index (κ2) is 8.19. The quantitative estimate of drug-likeness (QED) is 0.691. The van der Waals surface area contributed by atoms with Crippen LogP contribution in [0.5, 0.6) is 5.75 Å². The average Bonchev–Trinajstić information content (AvgIpc) is 3.16. The van der Waals surface area contributed by atoms with Crippen LogP contribution in [-0.4, -0.2) is 33.0 Å². The highest BCUT2D eigenvalue weighted by Gasteiger charge is 2.25. The average molecular weight is 393 g/mol. The third kappa shape index (κ3) is 4.09. The van der Waals surface area contributed by atoms with Crippen molar-refractivity contribution < 1.29 is 9.53 Å². The maximum Gasteiger partial charge on any atom is 0.276 e. The van der Waals surface area contributed by atoms with E-state index in [0.29, 0.717) is 17.5 Å². The Morgan fingerprint density at radius 2 is 2.03 bits per heavy atom. The van der Waals surface area contributed by atoms with Crippen molar-refractivity contribution in [2.24, 2.45) is 11.8 Å². The number of anilines is 1. The lowest BCUT2D eigenvalue weighted by Gasteiger charge is -2.30. The SMILES string of the molecule is COc1cc2nn([C@H]3CC[C@H](C(C)C)CC3)cc2cc1NC(=O)c1cccnn1. The van der Waals surface area contributed by atoms with Gasteiger partial charge in [-0.1, -0.05) is 13.8 Å². The summed E-state index contributed by atoms with van der Waals surface area (Å²) in [5.74, 6) is 1.82. The van der Waals surface area contributed by atoms with Crippen molar-refractivity contribution in [3.63, 3.8) is 0 Å². The van der Waals surface area contributed by atoms with Gasteiger partial charge in [0.1, 0.15) is 5.75 Å². The second-order valence-electron chi connectivity index (χ2n) is 8.10. The van der Waals surface area contributed by atoms with Gasteiger partial charge in [-0.05, 0) is 55.7 Å². The molecule has 1 aliphatic rings. The Morgan fingerprint density at radius 3 is 2.69 bits per heavy atom. The minimum absolute atomic E-state index is 0.257. The van der Waals surface area contributed by atoms with E-state index in [9.17, 15) is 4.79 Å². The first-order chi connectivity index (χ1) is 14.0. The number of rotatable bonds is 5. The Labute approximate surface area is 170 Å². The van der Waals surface area contributed by atoms with Crippen LogP contribution in [0, 0.1) is 11.8 Å². The Balaban J connectivity index is 1.57. The normalized spacial score (nSPS) is 19.4. The molecule has 0 aliphatic heterocycles. The van der Waals surface area contributed by atoms with Crippen LogP contribution >= 0.6 is 0 Å². The summed E-state index contributed by atoms with van der Waals surface area (Å²) in [5, 5.41) is 16.3. The predicted molar refractivity (Wildman–Crippen MR) is 112 cm³/mol. The molecule has 0 saturated heterocycles. The van der Waals surface area contributed by atoms with E-state index in [4.69, 9.17) is 9.84 Å². The van der Waals surface area contributed by atoms with E-state index in [1.807, 2.05) is 12.1 Å². The zero-order valence-corrected chi connectivity index (χ0v) is 17.1. The molecule has 152 valence electrons. The predicted octanol–water partition coefficient (Wildman–Crippen LogP) is 4.47. The molecule has 29 heavy (non-hydrogen) atoms. The summed E-state index contributed by atoms with van der Waals surface area (Å²) in [6.07, 6.45) is 8.43. The third-order valence-electron chi connectivity index (χ3n) is 5.95. The van der Waals surface area contributed by atoms with Crippen LogP contribution in [0.15, 0.2) is 36.7 Å². The Hall–Kier alpha value is -2.96. The van der Waals surface area contributed by atoms with E-state index < -0.39 is 0 Å². The van der Waals surface area contributed by atoms with Gasteiger partial charge in [0.05, 0.1) is 24.4 Å². The van der Waals surface area contributed by atoms with Crippen LogP contribution in [0.25, 0.3) is 10.9 Å². The molecular weight excluding hydrogens is 366 g/mol. The van der Waals surface area contributed by atoms with Gasteiger partial charge in [-0.3, -0.25) is 9.48 Å². The molecule has 1 fully saturated rings. The van der Waals surface area contributed by atoms with Gasteiger partial charge in [0.2, 0.25) is 0 Å². The van der Waals surface area contributed by atoms with Crippen molar-refractivity contribution in [2.45, 2.75) is 45.6 Å². The van der Waals surface area contributed by atoms with E-state index >= 15 is 0 Å². The smallest absolute Gasteiger partial charge is 0.276 e. The van der Waals surface area contributed by atoms with Gasteiger partial charge in [-0.15, -0.1) is 5.10 Å². The number of aromatic nitrogens is 4. The number of benzene rings is 1.